The molecule has 1 aliphatic heterocycles. The molecule has 2 rings (SSSR count). The van der Waals surface area contributed by atoms with E-state index in [4.69, 9.17) is 4.43 Å². The smallest absolute Gasteiger partial charge is 0.390 e. The van der Waals surface area contributed by atoms with Gasteiger partial charge in [-0.25, -0.2) is 0 Å². The Hall–Kier alpha value is -0.683. The second-order valence-electron chi connectivity index (χ2n) is 4.69. The summed E-state index contributed by atoms with van der Waals surface area (Å²) in [6, 6.07) is 8.60. The molecule has 1 aromatic carbocycles. The maximum Gasteiger partial charge on any atom is 0.495 e. The van der Waals surface area contributed by atoms with E-state index >= 15 is 0 Å². The molecule has 0 bridgehead atoms. The molecular formula is C13H20O3Si. The molecule has 4 heteroatoms. The van der Waals surface area contributed by atoms with Gasteiger partial charge in [0, 0.05) is 6.04 Å². The first-order valence-electron chi connectivity index (χ1n) is 6.33. The van der Waals surface area contributed by atoms with Crippen LogP contribution in [0.25, 0.3) is 0 Å². The van der Waals surface area contributed by atoms with Crippen molar-refractivity contribution >= 4 is 8.80 Å². The van der Waals surface area contributed by atoms with Crippen molar-refractivity contribution in [2.75, 3.05) is 0 Å². The maximum atomic E-state index is 9.70. The van der Waals surface area contributed by atoms with E-state index in [1.54, 1.807) is 0 Å². The summed E-state index contributed by atoms with van der Waals surface area (Å²) < 4.78 is 5.50. The van der Waals surface area contributed by atoms with E-state index in [9.17, 15) is 9.59 Å². The Morgan fingerprint density at radius 1 is 1.35 bits per heavy atom. The summed E-state index contributed by atoms with van der Waals surface area (Å²) >= 11 is 0. The minimum Gasteiger partial charge on any atom is -0.390 e. The van der Waals surface area contributed by atoms with Crippen molar-refractivity contribution < 1.29 is 14.0 Å². The first kappa shape index (κ1) is 12.8. The van der Waals surface area contributed by atoms with Crippen LogP contribution in [0.3, 0.4) is 0 Å². The zero-order chi connectivity index (χ0) is 12.3. The van der Waals surface area contributed by atoms with Crippen molar-refractivity contribution in [2.24, 2.45) is 0 Å². The van der Waals surface area contributed by atoms with Gasteiger partial charge >= 0.3 is 8.80 Å². The van der Waals surface area contributed by atoms with Crippen molar-refractivity contribution in [3.63, 3.8) is 0 Å². The van der Waals surface area contributed by atoms with Gasteiger partial charge in [0.2, 0.25) is 0 Å². The molecule has 1 heterocycles. The molecule has 0 radical (unpaired) electrons. The van der Waals surface area contributed by atoms with Gasteiger partial charge < -0.3 is 14.0 Å². The monoisotopic (exact) mass is 252 g/mol. The molecule has 3 nitrogen and oxygen atoms in total. The van der Waals surface area contributed by atoms with Crippen LogP contribution < -0.4 is 0 Å². The molecule has 0 aliphatic carbocycles. The highest BCUT2D eigenvalue weighted by Crippen LogP contribution is 2.34. The molecule has 0 aromatic heterocycles. The topological polar surface area (TPSA) is 49.7 Å². The number of rotatable bonds is 3. The van der Waals surface area contributed by atoms with Crippen LogP contribution >= 0.6 is 0 Å². The van der Waals surface area contributed by atoms with Crippen molar-refractivity contribution in [2.45, 2.75) is 44.8 Å². The average molecular weight is 252 g/mol. The third-order valence-corrected chi connectivity index (χ3v) is 4.89. The van der Waals surface area contributed by atoms with Gasteiger partial charge in [0.25, 0.3) is 0 Å². The molecule has 1 fully saturated rings. The van der Waals surface area contributed by atoms with Crippen LogP contribution in [0.5, 0.6) is 0 Å². The first-order chi connectivity index (χ1) is 8.12. The summed E-state index contributed by atoms with van der Waals surface area (Å²) in [5.41, 5.74) is 2.40. The van der Waals surface area contributed by atoms with E-state index in [-0.39, 0.29) is 6.10 Å². The van der Waals surface area contributed by atoms with E-state index in [0.29, 0.717) is 6.04 Å². The van der Waals surface area contributed by atoms with E-state index in [0.717, 1.165) is 31.2 Å². The van der Waals surface area contributed by atoms with Gasteiger partial charge in [0.15, 0.2) is 0 Å². The third-order valence-electron chi connectivity index (χ3n) is 3.22. The van der Waals surface area contributed by atoms with Crippen LogP contribution in [0.1, 0.15) is 43.4 Å². The molecule has 1 saturated heterocycles. The highest BCUT2D eigenvalue weighted by Gasteiger charge is 2.39. The summed E-state index contributed by atoms with van der Waals surface area (Å²) in [5, 5.41) is 0. The lowest BCUT2D eigenvalue weighted by Gasteiger charge is -2.31. The van der Waals surface area contributed by atoms with Crippen LogP contribution in [-0.2, 0) is 10.8 Å². The molecule has 1 aliphatic rings. The Labute approximate surface area is 103 Å². The summed E-state index contributed by atoms with van der Waals surface area (Å²) in [5.74, 6) is 0. The number of aryl methyl sites for hydroxylation is 1. The zero-order valence-electron chi connectivity index (χ0n) is 10.2. The Morgan fingerprint density at radius 2 is 2.12 bits per heavy atom. The first-order valence-corrected chi connectivity index (χ1v) is 8.34. The van der Waals surface area contributed by atoms with Gasteiger partial charge in [0.05, 0.1) is 6.10 Å². The SMILES string of the molecule is CCCc1ccccc1C1CCC[Si](O)(O)O1. The van der Waals surface area contributed by atoms with Gasteiger partial charge in [-0.05, 0) is 30.4 Å². The summed E-state index contributed by atoms with van der Waals surface area (Å²) in [4.78, 5) is 19.4. The quantitative estimate of drug-likeness (QED) is 0.812. The summed E-state index contributed by atoms with van der Waals surface area (Å²) in [6.45, 7) is 2.15. The molecule has 1 aromatic rings. The van der Waals surface area contributed by atoms with Gasteiger partial charge in [-0.1, -0.05) is 37.6 Å². The highest BCUT2D eigenvalue weighted by atomic mass is 28.4. The van der Waals surface area contributed by atoms with E-state index in [1.807, 2.05) is 18.2 Å². The molecular weight excluding hydrogens is 232 g/mol. The average Bonchev–Trinajstić information content (AvgIpc) is 2.29. The predicted octanol–water partition coefficient (Wildman–Crippen LogP) is 2.41. The van der Waals surface area contributed by atoms with Crippen LogP contribution in [0.4, 0.5) is 0 Å². The lowest BCUT2D eigenvalue weighted by Crippen LogP contribution is -2.43. The van der Waals surface area contributed by atoms with Gasteiger partial charge in [-0.3, -0.25) is 0 Å². The third kappa shape index (κ3) is 3.16. The highest BCUT2D eigenvalue weighted by molar-refractivity contribution is 6.57. The summed E-state index contributed by atoms with van der Waals surface area (Å²) in [6.07, 6.45) is 3.70. The van der Waals surface area contributed by atoms with Crippen LogP contribution in [-0.4, -0.2) is 18.4 Å². The molecule has 2 N–H and O–H groups in total. The Bertz CT molecular complexity index is 379. The fourth-order valence-electron chi connectivity index (χ4n) is 2.43. The zero-order valence-corrected chi connectivity index (χ0v) is 11.2. The Morgan fingerprint density at radius 3 is 2.82 bits per heavy atom. The molecule has 1 atom stereocenters. The van der Waals surface area contributed by atoms with E-state index < -0.39 is 8.80 Å². The normalized spacial score (nSPS) is 23.6. The molecule has 1 unspecified atom stereocenters. The lowest BCUT2D eigenvalue weighted by atomic mass is 9.96. The van der Waals surface area contributed by atoms with Crippen molar-refractivity contribution in [1.29, 1.82) is 0 Å². The van der Waals surface area contributed by atoms with Crippen LogP contribution in [0.15, 0.2) is 24.3 Å². The number of benzene rings is 1. The second-order valence-corrected chi connectivity index (χ2v) is 6.91. The minimum absolute atomic E-state index is 0.131. The molecule has 17 heavy (non-hydrogen) atoms. The molecule has 0 saturated carbocycles. The Balaban J connectivity index is 2.21. The summed E-state index contributed by atoms with van der Waals surface area (Å²) in [7, 11) is -3.38. The minimum atomic E-state index is -3.38. The predicted molar refractivity (Wildman–Crippen MR) is 68.5 cm³/mol. The molecule has 0 amide bonds. The Kier molecular flexibility index (Phi) is 3.99. The van der Waals surface area contributed by atoms with Crippen LogP contribution in [0.2, 0.25) is 6.04 Å². The van der Waals surface area contributed by atoms with Crippen LogP contribution in [0, 0.1) is 0 Å². The number of hydrogen-bond acceptors (Lipinski definition) is 3. The number of hydrogen-bond donors (Lipinski definition) is 2. The largest absolute Gasteiger partial charge is 0.495 e. The standard InChI is InChI=1S/C13H20O3Si/c1-2-6-11-7-3-4-8-12(11)13-9-5-10-17(14,15)16-13/h3-4,7-8,13-15H,2,5-6,9-10H2,1H3. The van der Waals surface area contributed by atoms with Crippen molar-refractivity contribution in [3.05, 3.63) is 35.4 Å². The molecule has 0 spiro atoms. The van der Waals surface area contributed by atoms with Gasteiger partial charge in [0.1, 0.15) is 0 Å². The van der Waals surface area contributed by atoms with E-state index in [2.05, 4.69) is 13.0 Å². The van der Waals surface area contributed by atoms with Gasteiger partial charge in [-0.15, -0.1) is 0 Å². The lowest BCUT2D eigenvalue weighted by molar-refractivity contribution is 0.0617. The fraction of sp³-hybridized carbons (Fsp3) is 0.538. The second kappa shape index (κ2) is 5.31. The van der Waals surface area contributed by atoms with Crippen molar-refractivity contribution in [3.8, 4) is 0 Å². The van der Waals surface area contributed by atoms with Gasteiger partial charge in [-0.2, -0.15) is 0 Å². The molecule has 94 valence electrons. The van der Waals surface area contributed by atoms with Crippen molar-refractivity contribution in [1.82, 2.24) is 0 Å². The fourth-order valence-corrected chi connectivity index (χ4v) is 3.91. The van der Waals surface area contributed by atoms with E-state index in [1.165, 1.54) is 5.56 Å². The maximum absolute atomic E-state index is 9.70.